The number of nitrogens with one attached hydrogen (secondary N) is 1. The molecule has 0 saturated heterocycles. The van der Waals surface area contributed by atoms with E-state index in [1.165, 1.54) is 5.56 Å². The molecule has 1 heterocycles. The van der Waals surface area contributed by atoms with E-state index in [1.54, 1.807) is 7.11 Å². The van der Waals surface area contributed by atoms with Gasteiger partial charge in [-0.15, -0.1) is 0 Å². The van der Waals surface area contributed by atoms with E-state index in [0.29, 0.717) is 0 Å². The first-order valence-electron chi connectivity index (χ1n) is 5.78. The Kier molecular flexibility index (Phi) is 2.23. The lowest BCUT2D eigenvalue weighted by atomic mass is 9.92. The maximum atomic E-state index is 10.8. The lowest BCUT2D eigenvalue weighted by Crippen LogP contribution is -2.24. The maximum absolute atomic E-state index is 10.8. The van der Waals surface area contributed by atoms with Crippen molar-refractivity contribution in [2.75, 3.05) is 7.11 Å². The van der Waals surface area contributed by atoms with Crippen LogP contribution in [0.5, 0.6) is 5.75 Å². The van der Waals surface area contributed by atoms with Crippen molar-refractivity contribution in [3.8, 4) is 5.75 Å². The van der Waals surface area contributed by atoms with Gasteiger partial charge in [0.15, 0.2) is 0 Å². The molecule has 0 aliphatic heterocycles. The van der Waals surface area contributed by atoms with Crippen molar-refractivity contribution in [2.45, 2.75) is 18.4 Å². The number of rotatable bonds is 2. The monoisotopic (exact) mass is 229 g/mol. The molecule has 3 rings (SSSR count). The molecule has 0 fully saturated rings. The van der Waals surface area contributed by atoms with E-state index >= 15 is 0 Å². The molecule has 2 N–H and O–H groups in total. The predicted octanol–water partition coefficient (Wildman–Crippen LogP) is 2.21. The number of aryl methyl sites for hydroxylation is 1. The third-order valence-electron chi connectivity index (χ3n) is 3.56. The minimum atomic E-state index is -0.895. The summed E-state index contributed by atoms with van der Waals surface area (Å²) in [7, 11) is 1.64. The molecule has 1 aliphatic carbocycles. The predicted molar refractivity (Wildman–Crippen MR) is 65.1 cm³/mol. The number of aromatic nitrogens is 1. The second-order valence-electron chi connectivity index (χ2n) is 4.47. The number of benzene rings is 1. The van der Waals surface area contributed by atoms with Gasteiger partial charge in [-0.3, -0.25) is 0 Å². The first-order valence-corrected chi connectivity index (χ1v) is 5.78. The van der Waals surface area contributed by atoms with Gasteiger partial charge in [0.05, 0.1) is 12.8 Å². The van der Waals surface area contributed by atoms with Gasteiger partial charge in [0.25, 0.3) is 0 Å². The molecule has 0 radical (unpaired) electrons. The molecule has 17 heavy (non-hydrogen) atoms. The van der Waals surface area contributed by atoms with Crippen LogP contribution in [0, 0.1) is 0 Å². The summed E-state index contributed by atoms with van der Waals surface area (Å²) in [4.78, 5) is 3.11. The van der Waals surface area contributed by atoms with Crippen LogP contribution in [0.2, 0.25) is 0 Å². The third-order valence-corrected chi connectivity index (χ3v) is 3.56. The molecule has 3 heteroatoms. The minimum absolute atomic E-state index is 0.718. The van der Waals surface area contributed by atoms with E-state index in [2.05, 4.69) is 4.98 Å². The van der Waals surface area contributed by atoms with Crippen molar-refractivity contribution in [3.05, 3.63) is 53.3 Å². The Hall–Kier alpha value is -1.74. The number of aliphatic hydroxyl groups is 1. The highest BCUT2D eigenvalue weighted by Crippen LogP contribution is 2.42. The Bertz CT molecular complexity index is 533. The average Bonchev–Trinajstić information content (AvgIpc) is 2.98. The Labute approximate surface area is 100 Å². The Balaban J connectivity index is 2.14. The third kappa shape index (κ3) is 1.46. The molecular formula is C14H15NO2. The SMILES string of the molecule is COc1ccc2c(c1)C(O)(c1ccc[nH]1)CC2. The van der Waals surface area contributed by atoms with Crippen LogP contribution in [-0.2, 0) is 12.0 Å². The number of H-pyrrole nitrogens is 1. The maximum Gasteiger partial charge on any atom is 0.130 e. The van der Waals surface area contributed by atoms with Gasteiger partial charge in [0.1, 0.15) is 11.4 Å². The molecule has 0 spiro atoms. The van der Waals surface area contributed by atoms with Gasteiger partial charge in [0, 0.05) is 6.20 Å². The fourth-order valence-electron chi connectivity index (χ4n) is 2.60. The van der Waals surface area contributed by atoms with E-state index in [-0.39, 0.29) is 0 Å². The molecule has 0 saturated carbocycles. The number of fused-ring (bicyclic) bond motifs is 1. The number of methoxy groups -OCH3 is 1. The first-order chi connectivity index (χ1) is 8.24. The van der Waals surface area contributed by atoms with Crippen LogP contribution in [0.4, 0.5) is 0 Å². The van der Waals surface area contributed by atoms with Gasteiger partial charge in [-0.2, -0.15) is 0 Å². The van der Waals surface area contributed by atoms with Crippen LogP contribution in [0.1, 0.15) is 23.2 Å². The highest BCUT2D eigenvalue weighted by atomic mass is 16.5. The fourth-order valence-corrected chi connectivity index (χ4v) is 2.60. The summed E-state index contributed by atoms with van der Waals surface area (Å²) in [5, 5.41) is 10.8. The molecule has 3 nitrogen and oxygen atoms in total. The number of ether oxygens (including phenoxy) is 1. The number of aromatic amines is 1. The zero-order chi connectivity index (χ0) is 11.9. The molecule has 88 valence electrons. The lowest BCUT2D eigenvalue weighted by molar-refractivity contribution is 0.0786. The van der Waals surface area contributed by atoms with E-state index in [0.717, 1.165) is 29.8 Å². The second kappa shape index (κ2) is 3.64. The summed E-state index contributed by atoms with van der Waals surface area (Å²) in [6.45, 7) is 0. The summed E-state index contributed by atoms with van der Waals surface area (Å²) in [5.41, 5.74) is 2.11. The highest BCUT2D eigenvalue weighted by molar-refractivity contribution is 5.47. The van der Waals surface area contributed by atoms with Gasteiger partial charge < -0.3 is 14.8 Å². The Morgan fingerprint density at radius 2 is 2.24 bits per heavy atom. The van der Waals surface area contributed by atoms with Crippen LogP contribution in [0.3, 0.4) is 0 Å². The molecule has 2 aromatic rings. The van der Waals surface area contributed by atoms with Gasteiger partial charge in [0.2, 0.25) is 0 Å². The van der Waals surface area contributed by atoms with Crippen LogP contribution in [0.15, 0.2) is 36.5 Å². The summed E-state index contributed by atoms with van der Waals surface area (Å²) in [5.74, 6) is 0.788. The standard InChI is InChI=1S/C14H15NO2/c1-17-11-5-4-10-6-7-14(16,12(10)9-11)13-3-2-8-15-13/h2-5,8-9,15-16H,6-7H2,1H3. The van der Waals surface area contributed by atoms with E-state index in [1.807, 2.05) is 36.5 Å². The molecule has 0 bridgehead atoms. The molecular weight excluding hydrogens is 214 g/mol. The van der Waals surface area contributed by atoms with Crippen molar-refractivity contribution in [1.29, 1.82) is 0 Å². The normalized spacial score (nSPS) is 22.5. The average molecular weight is 229 g/mol. The summed E-state index contributed by atoms with van der Waals surface area (Å²) < 4.78 is 5.23. The minimum Gasteiger partial charge on any atom is -0.497 e. The molecule has 1 atom stereocenters. The fraction of sp³-hybridized carbons (Fsp3) is 0.286. The van der Waals surface area contributed by atoms with Crippen molar-refractivity contribution >= 4 is 0 Å². The van der Waals surface area contributed by atoms with Crippen LogP contribution in [-0.4, -0.2) is 17.2 Å². The van der Waals surface area contributed by atoms with Crippen molar-refractivity contribution < 1.29 is 9.84 Å². The first kappa shape index (κ1) is 10.4. The van der Waals surface area contributed by atoms with Gasteiger partial charge in [-0.25, -0.2) is 0 Å². The van der Waals surface area contributed by atoms with Gasteiger partial charge in [-0.1, -0.05) is 6.07 Å². The lowest BCUT2D eigenvalue weighted by Gasteiger charge is -2.23. The van der Waals surface area contributed by atoms with Crippen molar-refractivity contribution in [3.63, 3.8) is 0 Å². The van der Waals surface area contributed by atoms with E-state index in [9.17, 15) is 5.11 Å². The zero-order valence-electron chi connectivity index (χ0n) is 9.73. The Morgan fingerprint density at radius 3 is 2.94 bits per heavy atom. The van der Waals surface area contributed by atoms with Crippen molar-refractivity contribution in [1.82, 2.24) is 4.98 Å². The Morgan fingerprint density at radius 1 is 1.35 bits per heavy atom. The summed E-state index contributed by atoms with van der Waals surface area (Å²) in [6.07, 6.45) is 3.45. The van der Waals surface area contributed by atoms with Crippen LogP contribution in [0.25, 0.3) is 0 Å². The molecule has 1 aromatic heterocycles. The van der Waals surface area contributed by atoms with Gasteiger partial charge in [-0.05, 0) is 48.2 Å². The molecule has 0 amide bonds. The molecule has 1 aromatic carbocycles. The second-order valence-corrected chi connectivity index (χ2v) is 4.47. The van der Waals surface area contributed by atoms with E-state index in [4.69, 9.17) is 4.74 Å². The highest BCUT2D eigenvalue weighted by Gasteiger charge is 2.39. The number of hydrogen-bond donors (Lipinski definition) is 2. The smallest absolute Gasteiger partial charge is 0.130 e. The van der Waals surface area contributed by atoms with E-state index < -0.39 is 5.60 Å². The van der Waals surface area contributed by atoms with Crippen LogP contribution >= 0.6 is 0 Å². The molecule has 1 aliphatic rings. The van der Waals surface area contributed by atoms with Gasteiger partial charge >= 0.3 is 0 Å². The topological polar surface area (TPSA) is 45.2 Å². The zero-order valence-corrected chi connectivity index (χ0v) is 9.73. The summed E-state index contributed by atoms with van der Waals surface area (Å²) in [6, 6.07) is 9.75. The summed E-state index contributed by atoms with van der Waals surface area (Å²) >= 11 is 0. The van der Waals surface area contributed by atoms with Crippen LogP contribution < -0.4 is 4.74 Å². The largest absolute Gasteiger partial charge is 0.497 e. The quantitative estimate of drug-likeness (QED) is 0.829. The molecule has 1 unspecified atom stereocenters. The van der Waals surface area contributed by atoms with Crippen molar-refractivity contribution in [2.24, 2.45) is 0 Å². The number of hydrogen-bond acceptors (Lipinski definition) is 2.